The third-order valence-corrected chi connectivity index (χ3v) is 6.28. The van der Waals surface area contributed by atoms with Crippen LogP contribution in [0, 0.1) is 0 Å². The Kier molecular flexibility index (Phi) is 33.8. The molecule has 1 N–H and O–H groups in total. The van der Waals surface area contributed by atoms with Gasteiger partial charge < -0.3 is 33.7 Å². The monoisotopic (exact) mass is 595 g/mol. The number of hydrogen-bond donors (Lipinski definition) is 1. The molecule has 0 saturated carbocycles. The number of phosphoric ester groups is 1. The molecule has 0 radical (unpaired) electrons. The summed E-state index contributed by atoms with van der Waals surface area (Å²) in [5, 5.41) is 2.79. The molecule has 0 spiro atoms. The van der Waals surface area contributed by atoms with Gasteiger partial charge in [-0.25, -0.2) is 0 Å². The van der Waals surface area contributed by atoms with E-state index in [4.69, 9.17) is 9.47 Å². The number of ether oxygens (including phenoxy) is 2. The van der Waals surface area contributed by atoms with Crippen molar-refractivity contribution >= 4 is 25.7 Å². The molecular weight excluding hydrogens is 547 g/mol. The summed E-state index contributed by atoms with van der Waals surface area (Å²) in [7, 11) is -5.24. The summed E-state index contributed by atoms with van der Waals surface area (Å²) in [5.74, 6) is -1.00. The SMILES string of the molecule is CCCCCCCCC(=O)O[C@H](COC(=O)CCCCCCCCCCCNC(C)=O)COP(=O)([O-])[O-].[Na+].[Na+]. The molecule has 0 bridgehead atoms. The van der Waals surface area contributed by atoms with Gasteiger partial charge in [-0.2, -0.15) is 0 Å². The standard InChI is InChI=1S/C26H50NO9P.2Na/c1-3-4-5-6-12-16-19-26(30)36-24(22-35-37(31,32)33)21-34-25(29)18-15-13-10-8-7-9-11-14-17-20-27-23(2)28;;/h24H,3-22H2,1-2H3,(H,27,28)(H2,31,32,33);;/q;2*+1/p-2/t24-;;/m1../s1. The zero-order chi connectivity index (χ0) is 27.8. The van der Waals surface area contributed by atoms with Crippen LogP contribution in [0.15, 0.2) is 0 Å². The third kappa shape index (κ3) is 34.6. The molecule has 0 fully saturated rings. The Morgan fingerprint density at radius 2 is 1.18 bits per heavy atom. The molecule has 0 aromatic heterocycles. The number of esters is 2. The minimum absolute atomic E-state index is 0. The first-order chi connectivity index (χ1) is 17.6. The molecule has 39 heavy (non-hydrogen) atoms. The molecular formula is C26H48NNa2O9P. The zero-order valence-electron chi connectivity index (χ0n) is 24.8. The molecule has 0 aromatic carbocycles. The summed E-state index contributed by atoms with van der Waals surface area (Å²) < 4.78 is 25.3. The number of unbranched alkanes of at least 4 members (excludes halogenated alkanes) is 13. The number of hydrogen-bond acceptors (Lipinski definition) is 9. The van der Waals surface area contributed by atoms with Crippen LogP contribution >= 0.6 is 7.82 Å². The Morgan fingerprint density at radius 3 is 1.67 bits per heavy atom. The first-order valence-corrected chi connectivity index (χ1v) is 15.4. The van der Waals surface area contributed by atoms with E-state index in [9.17, 15) is 28.7 Å². The predicted octanol–water partition coefficient (Wildman–Crippen LogP) is -1.92. The fourth-order valence-electron chi connectivity index (χ4n) is 3.74. The molecule has 0 rings (SSSR count). The molecule has 1 atom stereocenters. The van der Waals surface area contributed by atoms with Gasteiger partial charge in [0.05, 0.1) is 14.4 Å². The van der Waals surface area contributed by atoms with Gasteiger partial charge in [-0.1, -0.05) is 84.0 Å². The summed E-state index contributed by atoms with van der Waals surface area (Å²) in [4.78, 5) is 56.5. The number of phosphoric acid groups is 1. The number of amides is 1. The van der Waals surface area contributed by atoms with Gasteiger partial charge in [0.1, 0.15) is 6.61 Å². The fraction of sp³-hybridized carbons (Fsp3) is 0.885. The molecule has 0 aliphatic heterocycles. The summed E-state index contributed by atoms with van der Waals surface area (Å²) in [6.07, 6.45) is 14.4. The number of nitrogens with one attached hydrogen (secondary N) is 1. The Morgan fingerprint density at radius 1 is 0.718 bits per heavy atom. The molecule has 1 amide bonds. The van der Waals surface area contributed by atoms with Gasteiger partial charge >= 0.3 is 71.1 Å². The van der Waals surface area contributed by atoms with E-state index in [1.54, 1.807) is 0 Å². The van der Waals surface area contributed by atoms with Gasteiger partial charge in [0.15, 0.2) is 6.10 Å². The van der Waals surface area contributed by atoms with Crippen LogP contribution in [-0.2, 0) is 32.9 Å². The van der Waals surface area contributed by atoms with Gasteiger partial charge in [0.2, 0.25) is 5.91 Å². The Hall–Kier alpha value is 0.520. The second-order valence-corrected chi connectivity index (χ2v) is 10.6. The maximum Gasteiger partial charge on any atom is 1.00 e. The van der Waals surface area contributed by atoms with Crippen LogP contribution in [0.2, 0.25) is 0 Å². The molecule has 0 unspecified atom stereocenters. The molecule has 0 saturated heterocycles. The third-order valence-electron chi connectivity index (χ3n) is 5.81. The van der Waals surface area contributed by atoms with Gasteiger partial charge in [-0.3, -0.25) is 14.4 Å². The molecule has 0 aliphatic carbocycles. The van der Waals surface area contributed by atoms with Crippen LogP contribution in [0.3, 0.4) is 0 Å². The van der Waals surface area contributed by atoms with Gasteiger partial charge in [0.25, 0.3) is 0 Å². The van der Waals surface area contributed by atoms with Crippen molar-refractivity contribution in [2.24, 2.45) is 0 Å². The summed E-state index contributed by atoms with van der Waals surface area (Å²) >= 11 is 0. The predicted molar refractivity (Wildman–Crippen MR) is 137 cm³/mol. The quantitative estimate of drug-likeness (QED) is 0.0551. The van der Waals surface area contributed by atoms with E-state index in [-0.39, 0.29) is 84.5 Å². The molecule has 0 heterocycles. The smallest absolute Gasteiger partial charge is 0.790 e. The van der Waals surface area contributed by atoms with Crippen molar-refractivity contribution in [1.29, 1.82) is 0 Å². The van der Waals surface area contributed by atoms with E-state index < -0.39 is 32.5 Å². The van der Waals surface area contributed by atoms with E-state index in [1.807, 2.05) is 0 Å². The van der Waals surface area contributed by atoms with Gasteiger partial charge in [-0.05, 0) is 19.3 Å². The van der Waals surface area contributed by atoms with E-state index in [2.05, 4.69) is 16.8 Å². The summed E-state index contributed by atoms with van der Waals surface area (Å²) in [6.45, 7) is 3.35. The minimum atomic E-state index is -5.24. The van der Waals surface area contributed by atoms with Gasteiger partial charge in [0, 0.05) is 26.3 Å². The van der Waals surface area contributed by atoms with E-state index in [1.165, 1.54) is 6.92 Å². The first kappa shape index (κ1) is 44.0. The van der Waals surface area contributed by atoms with E-state index in [0.717, 1.165) is 90.0 Å². The molecule has 0 aromatic rings. The van der Waals surface area contributed by atoms with Crippen LogP contribution < -0.4 is 74.2 Å². The van der Waals surface area contributed by atoms with Crippen LogP contribution in [0.4, 0.5) is 0 Å². The van der Waals surface area contributed by atoms with E-state index >= 15 is 0 Å². The molecule has 10 nitrogen and oxygen atoms in total. The molecule has 0 aliphatic rings. The Labute approximate surface area is 279 Å². The van der Waals surface area contributed by atoms with Crippen molar-refractivity contribution in [3.05, 3.63) is 0 Å². The van der Waals surface area contributed by atoms with E-state index in [0.29, 0.717) is 12.8 Å². The van der Waals surface area contributed by atoms with Crippen molar-refractivity contribution in [2.45, 2.75) is 129 Å². The van der Waals surface area contributed by atoms with Crippen LogP contribution in [0.1, 0.15) is 123 Å². The second-order valence-electron chi connectivity index (χ2n) is 9.47. The van der Waals surface area contributed by atoms with Crippen molar-refractivity contribution in [2.75, 3.05) is 19.8 Å². The second kappa shape index (κ2) is 30.0. The minimum Gasteiger partial charge on any atom is -0.790 e. The number of rotatable bonds is 25. The topological polar surface area (TPSA) is 154 Å². The van der Waals surface area contributed by atoms with Crippen molar-refractivity contribution in [3.63, 3.8) is 0 Å². The van der Waals surface area contributed by atoms with Crippen molar-refractivity contribution in [1.82, 2.24) is 5.32 Å². The fourth-order valence-corrected chi connectivity index (χ4v) is 4.09. The molecule has 13 heteroatoms. The summed E-state index contributed by atoms with van der Waals surface area (Å²) in [5.41, 5.74) is 0. The van der Waals surface area contributed by atoms with Crippen LogP contribution in [0.5, 0.6) is 0 Å². The number of carbonyl (C=O) groups excluding carboxylic acids is 3. The maximum absolute atomic E-state index is 12.1. The Bertz CT molecular complexity index is 665. The first-order valence-electron chi connectivity index (χ1n) is 13.9. The number of carbonyl (C=O) groups is 3. The normalized spacial score (nSPS) is 11.6. The van der Waals surface area contributed by atoms with Gasteiger partial charge in [-0.15, -0.1) is 0 Å². The Balaban J connectivity index is -0.00000648. The van der Waals surface area contributed by atoms with Crippen LogP contribution in [0.25, 0.3) is 0 Å². The largest absolute Gasteiger partial charge is 1.00 e. The average molecular weight is 596 g/mol. The zero-order valence-corrected chi connectivity index (χ0v) is 29.7. The van der Waals surface area contributed by atoms with Crippen molar-refractivity contribution < 1.29 is 102 Å². The molecule has 218 valence electrons. The maximum atomic E-state index is 12.1. The summed E-state index contributed by atoms with van der Waals surface area (Å²) in [6, 6.07) is 0. The van der Waals surface area contributed by atoms with Crippen molar-refractivity contribution in [3.8, 4) is 0 Å². The average Bonchev–Trinajstić information content (AvgIpc) is 2.83. The van der Waals surface area contributed by atoms with Crippen LogP contribution in [-0.4, -0.2) is 43.7 Å².